The van der Waals surface area contributed by atoms with E-state index in [1.807, 2.05) is 6.07 Å². The monoisotopic (exact) mass is 230 g/mol. The van der Waals surface area contributed by atoms with Crippen LogP contribution in [-0.2, 0) is 4.79 Å². The second-order valence-corrected chi connectivity index (χ2v) is 5.06. The lowest BCUT2D eigenvalue weighted by molar-refractivity contribution is -0.124. The summed E-state index contributed by atoms with van der Waals surface area (Å²) >= 11 is 0. The van der Waals surface area contributed by atoms with Crippen LogP contribution < -0.4 is 5.32 Å². The lowest BCUT2D eigenvalue weighted by Crippen LogP contribution is -2.40. The number of hydrogen-bond donors (Lipinski definition) is 1. The molecule has 3 heteroatoms. The number of amides is 1. The number of hydrogen-bond acceptors (Lipinski definition) is 2. The summed E-state index contributed by atoms with van der Waals surface area (Å²) in [4.78, 5) is 14.2. The van der Waals surface area contributed by atoms with Gasteiger partial charge in [-0.2, -0.15) is 0 Å². The smallest absolute Gasteiger partial charge is 0.237 e. The molecule has 1 aromatic carbocycles. The van der Waals surface area contributed by atoms with E-state index in [-0.39, 0.29) is 11.9 Å². The van der Waals surface area contributed by atoms with Crippen molar-refractivity contribution in [2.24, 2.45) is 5.92 Å². The van der Waals surface area contributed by atoms with Gasteiger partial charge in [-0.1, -0.05) is 30.3 Å². The van der Waals surface area contributed by atoms with Crippen molar-refractivity contribution in [1.82, 2.24) is 10.2 Å². The minimum absolute atomic E-state index is 0.102. The predicted molar refractivity (Wildman–Crippen MR) is 66.5 cm³/mol. The third kappa shape index (κ3) is 1.75. The first-order chi connectivity index (χ1) is 8.27. The molecule has 3 nitrogen and oxygen atoms in total. The topological polar surface area (TPSA) is 32.3 Å². The molecule has 17 heavy (non-hydrogen) atoms. The van der Waals surface area contributed by atoms with Crippen molar-refractivity contribution in [3.05, 3.63) is 35.9 Å². The molecule has 0 radical (unpaired) electrons. The van der Waals surface area contributed by atoms with Crippen LogP contribution in [0.15, 0.2) is 30.3 Å². The molecule has 3 atom stereocenters. The van der Waals surface area contributed by atoms with Gasteiger partial charge in [-0.25, -0.2) is 0 Å². The maximum Gasteiger partial charge on any atom is 0.237 e. The first kappa shape index (κ1) is 10.8. The summed E-state index contributed by atoms with van der Waals surface area (Å²) in [5.74, 6) is 0.740. The number of benzene rings is 1. The molecule has 0 aromatic heterocycles. The van der Waals surface area contributed by atoms with Crippen molar-refractivity contribution < 1.29 is 4.79 Å². The molecule has 2 aliphatic heterocycles. The van der Waals surface area contributed by atoms with Crippen LogP contribution in [0, 0.1) is 5.92 Å². The Kier molecular flexibility index (Phi) is 2.63. The van der Waals surface area contributed by atoms with Gasteiger partial charge in [-0.05, 0) is 25.5 Å². The number of likely N-dealkylation sites (tertiary alicyclic amines) is 1. The van der Waals surface area contributed by atoms with E-state index in [9.17, 15) is 4.79 Å². The molecule has 1 N–H and O–H groups in total. The minimum Gasteiger partial charge on any atom is -0.354 e. The molecular formula is C14H18N2O. The van der Waals surface area contributed by atoms with Gasteiger partial charge in [0.2, 0.25) is 5.91 Å². The Balaban J connectivity index is 1.83. The fourth-order valence-electron chi connectivity index (χ4n) is 3.15. The Hall–Kier alpha value is -1.35. The summed E-state index contributed by atoms with van der Waals surface area (Å²) in [5, 5.41) is 2.98. The first-order valence-electron chi connectivity index (χ1n) is 6.36. The van der Waals surface area contributed by atoms with Crippen molar-refractivity contribution in [2.45, 2.75) is 25.4 Å². The van der Waals surface area contributed by atoms with Crippen molar-refractivity contribution in [1.29, 1.82) is 0 Å². The predicted octanol–water partition coefficient (Wildman–Crippen LogP) is 1.57. The number of nitrogens with zero attached hydrogens (tertiary/aromatic N) is 1. The maximum absolute atomic E-state index is 11.8. The largest absolute Gasteiger partial charge is 0.354 e. The van der Waals surface area contributed by atoms with Gasteiger partial charge in [-0.15, -0.1) is 0 Å². The summed E-state index contributed by atoms with van der Waals surface area (Å²) in [7, 11) is 0. The van der Waals surface area contributed by atoms with Crippen LogP contribution in [0.1, 0.15) is 24.9 Å². The number of carbonyl (C=O) groups is 1. The summed E-state index contributed by atoms with van der Waals surface area (Å²) in [6.45, 7) is 4.10. The Bertz CT molecular complexity index is 417. The minimum atomic E-state index is 0.102. The highest BCUT2D eigenvalue weighted by Crippen LogP contribution is 2.34. The van der Waals surface area contributed by atoms with Crippen molar-refractivity contribution in [3.63, 3.8) is 0 Å². The fraction of sp³-hybridized carbons (Fsp3) is 0.500. The molecule has 2 saturated heterocycles. The lowest BCUT2D eigenvalue weighted by Gasteiger charge is -2.29. The van der Waals surface area contributed by atoms with Gasteiger partial charge in [0.1, 0.15) is 0 Å². The molecule has 0 aliphatic carbocycles. The van der Waals surface area contributed by atoms with Crippen molar-refractivity contribution in [2.75, 3.05) is 13.1 Å². The first-order valence-corrected chi connectivity index (χ1v) is 6.36. The molecule has 1 aromatic rings. The summed E-state index contributed by atoms with van der Waals surface area (Å²) in [6, 6.07) is 10.9. The van der Waals surface area contributed by atoms with Crippen molar-refractivity contribution >= 4 is 5.91 Å². The molecular weight excluding hydrogens is 212 g/mol. The highest BCUT2D eigenvalue weighted by Gasteiger charge is 2.45. The van der Waals surface area contributed by atoms with Gasteiger partial charge in [-0.3, -0.25) is 9.69 Å². The molecule has 0 spiro atoms. The molecule has 90 valence electrons. The lowest BCUT2D eigenvalue weighted by atomic mass is 10.0. The van der Waals surface area contributed by atoms with E-state index in [0.717, 1.165) is 19.5 Å². The Morgan fingerprint density at radius 1 is 1.35 bits per heavy atom. The van der Waals surface area contributed by atoms with E-state index in [1.54, 1.807) is 0 Å². The number of nitrogens with one attached hydrogen (secondary N) is 1. The third-order valence-electron chi connectivity index (χ3n) is 4.15. The molecule has 0 bridgehead atoms. The molecule has 2 fully saturated rings. The van der Waals surface area contributed by atoms with Crippen LogP contribution in [0.3, 0.4) is 0 Å². The van der Waals surface area contributed by atoms with Crippen LogP contribution in [0.4, 0.5) is 0 Å². The van der Waals surface area contributed by atoms with E-state index in [0.29, 0.717) is 12.0 Å². The second kappa shape index (κ2) is 4.15. The number of carbonyl (C=O) groups excluding carboxylic acids is 1. The summed E-state index contributed by atoms with van der Waals surface area (Å²) < 4.78 is 0. The Labute approximate surface area is 102 Å². The molecule has 3 rings (SSSR count). The number of rotatable bonds is 2. The maximum atomic E-state index is 11.8. The average Bonchev–Trinajstić information content (AvgIpc) is 2.93. The van der Waals surface area contributed by atoms with E-state index in [4.69, 9.17) is 0 Å². The summed E-state index contributed by atoms with van der Waals surface area (Å²) in [5.41, 5.74) is 1.30. The standard InChI is InChI=1S/C14H18N2O/c1-10(11-5-3-2-4-6-11)16-8-7-12-9-15-14(17)13(12)16/h2-6,10,12-13H,7-9H2,1H3,(H,15,17)/t10-,12-,13-/m1/s1. The van der Waals surface area contributed by atoms with Crippen LogP contribution in [-0.4, -0.2) is 29.9 Å². The summed E-state index contributed by atoms with van der Waals surface area (Å²) in [6.07, 6.45) is 1.14. The number of fused-ring (bicyclic) bond motifs is 1. The van der Waals surface area contributed by atoms with Gasteiger partial charge in [0.25, 0.3) is 0 Å². The van der Waals surface area contributed by atoms with Crippen LogP contribution >= 0.6 is 0 Å². The van der Waals surface area contributed by atoms with Crippen LogP contribution in [0.25, 0.3) is 0 Å². The highest BCUT2D eigenvalue weighted by molar-refractivity contribution is 5.84. The van der Waals surface area contributed by atoms with E-state index in [1.165, 1.54) is 5.56 Å². The molecule has 0 unspecified atom stereocenters. The average molecular weight is 230 g/mol. The van der Waals surface area contributed by atoms with Gasteiger partial charge in [0.15, 0.2) is 0 Å². The zero-order valence-corrected chi connectivity index (χ0v) is 10.1. The molecule has 1 amide bonds. The van der Waals surface area contributed by atoms with Crippen molar-refractivity contribution in [3.8, 4) is 0 Å². The zero-order chi connectivity index (χ0) is 11.8. The molecule has 0 saturated carbocycles. The normalized spacial score (nSPS) is 30.1. The fourth-order valence-corrected chi connectivity index (χ4v) is 3.15. The third-order valence-corrected chi connectivity index (χ3v) is 4.15. The van der Waals surface area contributed by atoms with E-state index in [2.05, 4.69) is 41.4 Å². The second-order valence-electron chi connectivity index (χ2n) is 5.06. The van der Waals surface area contributed by atoms with Gasteiger partial charge in [0, 0.05) is 18.5 Å². The Morgan fingerprint density at radius 2 is 2.12 bits per heavy atom. The molecule has 2 heterocycles. The van der Waals surface area contributed by atoms with Crippen LogP contribution in [0.5, 0.6) is 0 Å². The van der Waals surface area contributed by atoms with E-state index < -0.39 is 0 Å². The zero-order valence-electron chi connectivity index (χ0n) is 10.1. The van der Waals surface area contributed by atoms with Gasteiger partial charge >= 0.3 is 0 Å². The molecule has 2 aliphatic rings. The van der Waals surface area contributed by atoms with Gasteiger partial charge < -0.3 is 5.32 Å². The highest BCUT2D eigenvalue weighted by atomic mass is 16.2. The van der Waals surface area contributed by atoms with Gasteiger partial charge in [0.05, 0.1) is 6.04 Å². The van der Waals surface area contributed by atoms with Crippen LogP contribution in [0.2, 0.25) is 0 Å². The SMILES string of the molecule is C[C@H](c1ccccc1)N1CC[C@@H]2CNC(=O)[C@@H]21. The quantitative estimate of drug-likeness (QED) is 0.836. The van der Waals surface area contributed by atoms with E-state index >= 15 is 0 Å². The Morgan fingerprint density at radius 3 is 2.88 bits per heavy atom.